The SMILES string of the molecule is CCC(CSc1n[nH]c(=O)n1C(C)C)NC. The molecule has 0 bridgehead atoms. The van der Waals surface area contributed by atoms with Crippen LogP contribution in [0.1, 0.15) is 33.2 Å². The molecule has 1 atom stereocenters. The lowest BCUT2D eigenvalue weighted by Crippen LogP contribution is -2.27. The molecule has 5 nitrogen and oxygen atoms in total. The molecule has 1 unspecified atom stereocenters. The highest BCUT2D eigenvalue weighted by atomic mass is 32.2. The van der Waals surface area contributed by atoms with Crippen molar-refractivity contribution in [3.05, 3.63) is 10.5 Å². The summed E-state index contributed by atoms with van der Waals surface area (Å²) in [5.41, 5.74) is -0.130. The Morgan fingerprint density at radius 2 is 2.25 bits per heavy atom. The smallest absolute Gasteiger partial charge is 0.316 e. The van der Waals surface area contributed by atoms with E-state index in [9.17, 15) is 4.79 Å². The molecule has 0 fully saturated rings. The van der Waals surface area contributed by atoms with Crippen molar-refractivity contribution in [2.24, 2.45) is 0 Å². The highest BCUT2D eigenvalue weighted by molar-refractivity contribution is 7.99. The fourth-order valence-corrected chi connectivity index (χ4v) is 2.72. The van der Waals surface area contributed by atoms with Gasteiger partial charge in [0, 0.05) is 17.8 Å². The van der Waals surface area contributed by atoms with Crippen molar-refractivity contribution >= 4 is 11.8 Å². The van der Waals surface area contributed by atoms with Gasteiger partial charge in [-0.3, -0.25) is 4.57 Å². The molecule has 2 N–H and O–H groups in total. The van der Waals surface area contributed by atoms with E-state index in [0.717, 1.165) is 17.3 Å². The fraction of sp³-hybridized carbons (Fsp3) is 0.800. The van der Waals surface area contributed by atoms with E-state index >= 15 is 0 Å². The number of nitrogens with zero attached hydrogens (tertiary/aromatic N) is 2. The number of rotatable bonds is 6. The molecular formula is C10H20N4OS. The summed E-state index contributed by atoms with van der Waals surface area (Å²) in [6.45, 7) is 6.11. The second kappa shape index (κ2) is 6.10. The van der Waals surface area contributed by atoms with Gasteiger partial charge in [0.1, 0.15) is 0 Å². The highest BCUT2D eigenvalue weighted by Gasteiger charge is 2.13. The minimum atomic E-state index is -0.130. The maximum absolute atomic E-state index is 11.5. The van der Waals surface area contributed by atoms with Crippen LogP contribution in [0.3, 0.4) is 0 Å². The Hall–Kier alpha value is -0.750. The molecule has 0 spiro atoms. The van der Waals surface area contributed by atoms with Crippen molar-refractivity contribution < 1.29 is 0 Å². The van der Waals surface area contributed by atoms with Crippen molar-refractivity contribution in [3.63, 3.8) is 0 Å². The Morgan fingerprint density at radius 1 is 1.56 bits per heavy atom. The first-order chi connectivity index (χ1) is 7.60. The van der Waals surface area contributed by atoms with Crippen molar-refractivity contribution in [1.82, 2.24) is 20.1 Å². The molecule has 6 heteroatoms. The van der Waals surface area contributed by atoms with E-state index in [-0.39, 0.29) is 11.7 Å². The van der Waals surface area contributed by atoms with Gasteiger partial charge in [-0.25, -0.2) is 9.89 Å². The molecule has 0 aromatic carbocycles. The lowest BCUT2D eigenvalue weighted by Gasteiger charge is -2.13. The molecule has 1 heterocycles. The summed E-state index contributed by atoms with van der Waals surface area (Å²) in [5.74, 6) is 0.921. The number of aromatic amines is 1. The second-order valence-electron chi connectivity index (χ2n) is 3.98. The maximum Gasteiger partial charge on any atom is 0.344 e. The van der Waals surface area contributed by atoms with E-state index < -0.39 is 0 Å². The van der Waals surface area contributed by atoms with E-state index in [1.165, 1.54) is 0 Å². The zero-order chi connectivity index (χ0) is 12.1. The minimum Gasteiger partial charge on any atom is -0.316 e. The molecule has 16 heavy (non-hydrogen) atoms. The van der Waals surface area contributed by atoms with E-state index in [0.29, 0.717) is 6.04 Å². The summed E-state index contributed by atoms with van der Waals surface area (Å²) in [6.07, 6.45) is 1.07. The molecule has 0 aliphatic carbocycles. The summed E-state index contributed by atoms with van der Waals surface area (Å²) in [4.78, 5) is 11.5. The molecule has 92 valence electrons. The Labute approximate surface area is 100 Å². The largest absolute Gasteiger partial charge is 0.344 e. The van der Waals surface area contributed by atoms with Gasteiger partial charge in [-0.05, 0) is 27.3 Å². The number of H-pyrrole nitrogens is 1. The van der Waals surface area contributed by atoms with Crippen molar-refractivity contribution in [3.8, 4) is 0 Å². The first kappa shape index (κ1) is 13.3. The predicted molar refractivity (Wildman–Crippen MR) is 67.1 cm³/mol. The van der Waals surface area contributed by atoms with Gasteiger partial charge >= 0.3 is 5.69 Å². The van der Waals surface area contributed by atoms with Crippen LogP contribution in [0.25, 0.3) is 0 Å². The van der Waals surface area contributed by atoms with E-state index in [2.05, 4.69) is 22.4 Å². The van der Waals surface area contributed by atoms with Gasteiger partial charge in [-0.15, -0.1) is 5.10 Å². The first-order valence-electron chi connectivity index (χ1n) is 5.57. The lowest BCUT2D eigenvalue weighted by atomic mass is 10.3. The first-order valence-corrected chi connectivity index (χ1v) is 6.55. The molecule has 0 aliphatic rings. The average molecular weight is 244 g/mol. The molecule has 1 aromatic heterocycles. The van der Waals surface area contributed by atoms with E-state index in [1.54, 1.807) is 16.3 Å². The fourth-order valence-electron chi connectivity index (χ4n) is 1.43. The standard InChI is InChI=1S/C10H20N4OS/c1-5-8(11-4)6-16-10-13-12-9(15)14(10)7(2)3/h7-8,11H,5-6H2,1-4H3,(H,12,15). The normalized spacial score (nSPS) is 13.3. The average Bonchev–Trinajstić information content (AvgIpc) is 2.61. The summed E-state index contributed by atoms with van der Waals surface area (Å²) in [6, 6.07) is 0.598. The summed E-state index contributed by atoms with van der Waals surface area (Å²) in [5, 5.41) is 10.5. The monoisotopic (exact) mass is 244 g/mol. The topological polar surface area (TPSA) is 62.7 Å². The predicted octanol–water partition coefficient (Wildman–Crippen LogP) is 1.24. The van der Waals surface area contributed by atoms with Crippen LogP contribution in [0.15, 0.2) is 9.95 Å². The van der Waals surface area contributed by atoms with Crippen LogP contribution in [-0.2, 0) is 0 Å². The molecular weight excluding hydrogens is 224 g/mol. The molecule has 1 aromatic rings. The van der Waals surface area contributed by atoms with Gasteiger partial charge in [0.2, 0.25) is 0 Å². The number of aromatic nitrogens is 3. The third-order valence-electron chi connectivity index (χ3n) is 2.50. The third kappa shape index (κ3) is 3.12. The van der Waals surface area contributed by atoms with Gasteiger partial charge < -0.3 is 5.32 Å². The zero-order valence-corrected chi connectivity index (χ0v) is 11.1. The summed E-state index contributed by atoms with van der Waals surface area (Å²) < 4.78 is 1.69. The number of nitrogens with one attached hydrogen (secondary N) is 2. The van der Waals surface area contributed by atoms with Crippen LogP contribution in [0.5, 0.6) is 0 Å². The van der Waals surface area contributed by atoms with Crippen LogP contribution >= 0.6 is 11.8 Å². The van der Waals surface area contributed by atoms with Gasteiger partial charge in [0.15, 0.2) is 5.16 Å². The molecule has 1 rings (SSSR count). The summed E-state index contributed by atoms with van der Waals surface area (Å²) in [7, 11) is 1.95. The Kier molecular flexibility index (Phi) is 5.08. The van der Waals surface area contributed by atoms with Crippen molar-refractivity contribution in [2.45, 2.75) is 44.4 Å². The molecule has 0 aliphatic heterocycles. The lowest BCUT2D eigenvalue weighted by molar-refractivity contribution is 0.532. The Bertz CT molecular complexity index is 367. The summed E-state index contributed by atoms with van der Waals surface area (Å²) >= 11 is 1.61. The maximum atomic E-state index is 11.5. The molecule has 0 saturated carbocycles. The molecule has 0 radical (unpaired) electrons. The molecule has 0 amide bonds. The van der Waals surface area contributed by atoms with Crippen LogP contribution in [0, 0.1) is 0 Å². The van der Waals surface area contributed by atoms with Crippen LogP contribution < -0.4 is 11.0 Å². The van der Waals surface area contributed by atoms with Crippen molar-refractivity contribution in [1.29, 1.82) is 0 Å². The molecule has 0 saturated heterocycles. The number of hydrogen-bond donors (Lipinski definition) is 2. The van der Waals surface area contributed by atoms with Gasteiger partial charge in [-0.1, -0.05) is 18.7 Å². The van der Waals surface area contributed by atoms with Crippen LogP contribution in [-0.4, -0.2) is 33.6 Å². The van der Waals surface area contributed by atoms with Crippen LogP contribution in [0.4, 0.5) is 0 Å². The van der Waals surface area contributed by atoms with Gasteiger partial charge in [0.05, 0.1) is 0 Å². The Morgan fingerprint density at radius 3 is 2.75 bits per heavy atom. The number of thioether (sulfide) groups is 1. The highest BCUT2D eigenvalue weighted by Crippen LogP contribution is 2.18. The minimum absolute atomic E-state index is 0.130. The zero-order valence-electron chi connectivity index (χ0n) is 10.3. The third-order valence-corrected chi connectivity index (χ3v) is 3.62. The second-order valence-corrected chi connectivity index (χ2v) is 4.97. The van der Waals surface area contributed by atoms with Crippen LogP contribution in [0.2, 0.25) is 0 Å². The van der Waals surface area contributed by atoms with E-state index in [4.69, 9.17) is 0 Å². The van der Waals surface area contributed by atoms with Crippen molar-refractivity contribution in [2.75, 3.05) is 12.8 Å². The van der Waals surface area contributed by atoms with Gasteiger partial charge in [-0.2, -0.15) is 0 Å². The van der Waals surface area contributed by atoms with Gasteiger partial charge in [0.25, 0.3) is 0 Å². The van der Waals surface area contributed by atoms with E-state index in [1.807, 2.05) is 20.9 Å². The number of hydrogen-bond acceptors (Lipinski definition) is 4. The Balaban J connectivity index is 2.70. The quantitative estimate of drug-likeness (QED) is 0.739.